The Morgan fingerprint density at radius 2 is 2.05 bits per heavy atom. The molecular weight excluding hydrogens is 262 g/mol. The molecule has 0 amide bonds. The van der Waals surface area contributed by atoms with Gasteiger partial charge in [-0.1, -0.05) is 37.6 Å². The lowest BCUT2D eigenvalue weighted by Crippen LogP contribution is -2.45. The number of benzene rings is 1. The summed E-state index contributed by atoms with van der Waals surface area (Å²) < 4.78 is 5.67. The summed E-state index contributed by atoms with van der Waals surface area (Å²) in [6, 6.07) is 8.66. The van der Waals surface area contributed by atoms with Crippen LogP contribution in [0.1, 0.15) is 56.2 Å². The van der Waals surface area contributed by atoms with Gasteiger partial charge in [-0.25, -0.2) is 0 Å². The van der Waals surface area contributed by atoms with Crippen molar-refractivity contribution in [2.45, 2.75) is 57.3 Å². The third kappa shape index (κ3) is 3.47. The Bertz CT molecular complexity index is 466. The number of fused-ring (bicyclic) bond motifs is 1. The molecule has 2 N–H and O–H groups in total. The number of nitrogens with one attached hydrogen (secondary N) is 1. The standard InChI is InChI=1S/C18H27NO2/c1-2-14-7-9-18(20,10-8-14)13-19-17-12-21-11-15-5-3-4-6-16(15)17/h3-6,14,17,19-20H,2,7-13H2,1H3. The van der Waals surface area contributed by atoms with Gasteiger partial charge in [0.05, 0.1) is 24.9 Å². The molecule has 1 aliphatic carbocycles. The topological polar surface area (TPSA) is 41.5 Å². The molecule has 0 radical (unpaired) electrons. The first-order valence-electron chi connectivity index (χ1n) is 8.31. The molecular formula is C18H27NO2. The van der Waals surface area contributed by atoms with Crippen LogP contribution < -0.4 is 5.32 Å². The largest absolute Gasteiger partial charge is 0.389 e. The minimum atomic E-state index is -0.530. The molecule has 1 unspecified atom stereocenters. The monoisotopic (exact) mass is 289 g/mol. The van der Waals surface area contributed by atoms with Crippen LogP contribution in [0.5, 0.6) is 0 Å². The summed E-state index contributed by atoms with van der Waals surface area (Å²) in [4.78, 5) is 0. The van der Waals surface area contributed by atoms with Crippen LogP contribution in [0, 0.1) is 5.92 Å². The van der Waals surface area contributed by atoms with Gasteiger partial charge in [0.1, 0.15) is 0 Å². The Balaban J connectivity index is 1.59. The van der Waals surface area contributed by atoms with Crippen LogP contribution >= 0.6 is 0 Å². The third-order valence-corrected chi connectivity index (χ3v) is 5.26. The Morgan fingerprint density at radius 1 is 1.29 bits per heavy atom. The SMILES string of the molecule is CCC1CCC(O)(CNC2COCc3ccccc32)CC1. The van der Waals surface area contributed by atoms with E-state index in [0.29, 0.717) is 19.8 Å². The number of hydrogen-bond acceptors (Lipinski definition) is 3. The van der Waals surface area contributed by atoms with Crippen molar-refractivity contribution in [3.8, 4) is 0 Å². The summed E-state index contributed by atoms with van der Waals surface area (Å²) >= 11 is 0. The van der Waals surface area contributed by atoms with Crippen molar-refractivity contribution in [1.29, 1.82) is 0 Å². The van der Waals surface area contributed by atoms with E-state index in [1.54, 1.807) is 0 Å². The molecule has 1 aliphatic heterocycles. The molecule has 21 heavy (non-hydrogen) atoms. The lowest BCUT2D eigenvalue weighted by Gasteiger charge is -2.37. The van der Waals surface area contributed by atoms with E-state index in [9.17, 15) is 5.11 Å². The van der Waals surface area contributed by atoms with Crippen LogP contribution in [0.2, 0.25) is 0 Å². The number of rotatable bonds is 4. The third-order valence-electron chi connectivity index (χ3n) is 5.26. The fourth-order valence-corrected chi connectivity index (χ4v) is 3.66. The highest BCUT2D eigenvalue weighted by molar-refractivity contribution is 5.31. The normalized spacial score (nSPS) is 32.7. The maximum absolute atomic E-state index is 10.8. The van der Waals surface area contributed by atoms with Gasteiger partial charge in [0, 0.05) is 6.54 Å². The first-order chi connectivity index (χ1) is 10.2. The average Bonchev–Trinajstić information content (AvgIpc) is 2.54. The lowest BCUT2D eigenvalue weighted by molar-refractivity contribution is -0.0153. The summed E-state index contributed by atoms with van der Waals surface area (Å²) in [5, 5.41) is 14.3. The van der Waals surface area contributed by atoms with Gasteiger partial charge in [-0.3, -0.25) is 0 Å². The molecule has 3 nitrogen and oxygen atoms in total. The lowest BCUT2D eigenvalue weighted by atomic mass is 9.77. The molecule has 1 aromatic carbocycles. The molecule has 0 bridgehead atoms. The Morgan fingerprint density at radius 3 is 2.81 bits per heavy atom. The van der Waals surface area contributed by atoms with E-state index in [1.165, 1.54) is 17.5 Å². The summed E-state index contributed by atoms with van der Waals surface area (Å²) in [7, 11) is 0. The van der Waals surface area contributed by atoms with E-state index >= 15 is 0 Å². The molecule has 3 rings (SSSR count). The van der Waals surface area contributed by atoms with E-state index in [2.05, 4.69) is 36.5 Å². The summed E-state index contributed by atoms with van der Waals surface area (Å²) in [6.45, 7) is 4.33. The summed E-state index contributed by atoms with van der Waals surface area (Å²) in [5.41, 5.74) is 2.07. The molecule has 1 saturated carbocycles. The van der Waals surface area contributed by atoms with Crippen LogP contribution in [-0.2, 0) is 11.3 Å². The van der Waals surface area contributed by atoms with Gasteiger partial charge in [0.25, 0.3) is 0 Å². The molecule has 2 aliphatic rings. The van der Waals surface area contributed by atoms with Gasteiger partial charge in [0.15, 0.2) is 0 Å². The second-order valence-corrected chi connectivity index (χ2v) is 6.72. The highest BCUT2D eigenvalue weighted by Crippen LogP contribution is 2.34. The number of hydrogen-bond donors (Lipinski definition) is 2. The number of aliphatic hydroxyl groups is 1. The predicted molar refractivity (Wildman–Crippen MR) is 84.0 cm³/mol. The van der Waals surface area contributed by atoms with Crippen molar-refractivity contribution in [2.24, 2.45) is 5.92 Å². The fraction of sp³-hybridized carbons (Fsp3) is 0.667. The van der Waals surface area contributed by atoms with Crippen molar-refractivity contribution in [2.75, 3.05) is 13.2 Å². The van der Waals surface area contributed by atoms with Gasteiger partial charge in [-0.15, -0.1) is 0 Å². The van der Waals surface area contributed by atoms with Crippen LogP contribution in [0.4, 0.5) is 0 Å². The van der Waals surface area contributed by atoms with Crippen LogP contribution in [-0.4, -0.2) is 23.9 Å². The van der Waals surface area contributed by atoms with Gasteiger partial charge in [-0.05, 0) is 42.7 Å². The fourth-order valence-electron chi connectivity index (χ4n) is 3.66. The maximum Gasteiger partial charge on any atom is 0.0772 e. The first-order valence-corrected chi connectivity index (χ1v) is 8.31. The zero-order valence-electron chi connectivity index (χ0n) is 13.0. The summed E-state index contributed by atoms with van der Waals surface area (Å²) in [6.07, 6.45) is 5.41. The zero-order valence-corrected chi connectivity index (χ0v) is 13.0. The van der Waals surface area contributed by atoms with Crippen LogP contribution in [0.3, 0.4) is 0 Å². The van der Waals surface area contributed by atoms with Gasteiger partial charge >= 0.3 is 0 Å². The quantitative estimate of drug-likeness (QED) is 0.894. The minimum absolute atomic E-state index is 0.211. The van der Waals surface area contributed by atoms with E-state index in [-0.39, 0.29) is 6.04 Å². The average molecular weight is 289 g/mol. The molecule has 0 saturated heterocycles. The molecule has 0 aromatic heterocycles. The molecule has 1 atom stereocenters. The van der Waals surface area contributed by atoms with Gasteiger partial charge in [-0.2, -0.15) is 0 Å². The minimum Gasteiger partial charge on any atom is -0.389 e. The predicted octanol–water partition coefficient (Wildman–Crippen LogP) is 3.18. The van der Waals surface area contributed by atoms with Crippen molar-refractivity contribution in [1.82, 2.24) is 5.32 Å². The summed E-state index contributed by atoms with van der Waals surface area (Å²) in [5.74, 6) is 0.809. The Labute approximate surface area is 127 Å². The van der Waals surface area contributed by atoms with E-state index < -0.39 is 5.60 Å². The highest BCUT2D eigenvalue weighted by Gasteiger charge is 2.33. The number of ether oxygens (including phenoxy) is 1. The van der Waals surface area contributed by atoms with Gasteiger partial charge < -0.3 is 15.2 Å². The molecule has 1 aromatic rings. The second-order valence-electron chi connectivity index (χ2n) is 6.72. The van der Waals surface area contributed by atoms with Gasteiger partial charge in [0.2, 0.25) is 0 Å². The Kier molecular flexibility index (Phi) is 4.63. The van der Waals surface area contributed by atoms with Crippen molar-refractivity contribution in [3.05, 3.63) is 35.4 Å². The smallest absolute Gasteiger partial charge is 0.0772 e. The van der Waals surface area contributed by atoms with E-state index in [4.69, 9.17) is 4.74 Å². The molecule has 116 valence electrons. The zero-order chi connectivity index (χ0) is 14.7. The molecule has 3 heteroatoms. The molecule has 1 heterocycles. The van der Waals surface area contributed by atoms with E-state index in [0.717, 1.165) is 31.6 Å². The van der Waals surface area contributed by atoms with Crippen molar-refractivity contribution in [3.63, 3.8) is 0 Å². The second kappa shape index (κ2) is 6.47. The van der Waals surface area contributed by atoms with Crippen LogP contribution in [0.15, 0.2) is 24.3 Å². The van der Waals surface area contributed by atoms with E-state index in [1.807, 2.05) is 0 Å². The van der Waals surface area contributed by atoms with Crippen molar-refractivity contribution < 1.29 is 9.84 Å². The molecule has 0 spiro atoms. The van der Waals surface area contributed by atoms with Crippen LogP contribution in [0.25, 0.3) is 0 Å². The maximum atomic E-state index is 10.8. The highest BCUT2D eigenvalue weighted by atomic mass is 16.5. The Hall–Kier alpha value is -0.900. The molecule has 1 fully saturated rings. The first kappa shape index (κ1) is 15.0. The van der Waals surface area contributed by atoms with Crippen molar-refractivity contribution >= 4 is 0 Å².